The monoisotopic (exact) mass is 255 g/mol. The van der Waals surface area contributed by atoms with Crippen LogP contribution in [0.5, 0.6) is 0 Å². The Labute approximate surface area is 103 Å². The van der Waals surface area contributed by atoms with Crippen LogP contribution < -0.4 is 5.73 Å². The lowest BCUT2D eigenvalue weighted by molar-refractivity contribution is 0.422. The minimum atomic E-state index is -0.401. The third-order valence-corrected chi connectivity index (χ3v) is 2.55. The van der Waals surface area contributed by atoms with E-state index in [0.717, 1.165) is 6.42 Å². The van der Waals surface area contributed by atoms with Gasteiger partial charge in [0, 0.05) is 6.42 Å². The van der Waals surface area contributed by atoms with Gasteiger partial charge in [-0.3, -0.25) is 0 Å². The number of hydrogen-bond donors (Lipinski definition) is 1. The van der Waals surface area contributed by atoms with Crippen molar-refractivity contribution in [3.63, 3.8) is 0 Å². The molecule has 1 aromatic carbocycles. The Kier molecular flexibility index (Phi) is 3.71. The minimum absolute atomic E-state index is 0.249. The molecule has 0 aliphatic rings. The first-order chi connectivity index (χ1) is 8.20. The molecule has 17 heavy (non-hydrogen) atoms. The topological polar surface area (TPSA) is 64.9 Å². The fourth-order valence-corrected chi connectivity index (χ4v) is 1.64. The van der Waals surface area contributed by atoms with Gasteiger partial charge in [-0.2, -0.15) is 4.98 Å². The lowest BCUT2D eigenvalue weighted by Gasteiger charge is -1.97. The molecule has 0 bridgehead atoms. The van der Waals surface area contributed by atoms with Crippen LogP contribution in [-0.4, -0.2) is 16.7 Å². The third-order valence-electron chi connectivity index (χ3n) is 2.23. The number of rotatable bonds is 4. The SMILES string of the molecule is NCCCc1noc(-c2ccc(F)cc2Cl)n1. The minimum Gasteiger partial charge on any atom is -0.334 e. The molecule has 0 radical (unpaired) electrons. The molecule has 0 aliphatic carbocycles. The number of aromatic nitrogens is 2. The number of nitrogens with two attached hydrogens (primary N) is 1. The molecule has 90 valence electrons. The van der Waals surface area contributed by atoms with Crippen molar-refractivity contribution in [2.45, 2.75) is 12.8 Å². The maximum atomic E-state index is 12.9. The number of halogens is 2. The van der Waals surface area contributed by atoms with Crippen molar-refractivity contribution in [1.29, 1.82) is 0 Å². The van der Waals surface area contributed by atoms with Crippen molar-refractivity contribution < 1.29 is 8.91 Å². The second-order valence-corrected chi connectivity index (χ2v) is 3.94. The molecular weight excluding hydrogens is 245 g/mol. The van der Waals surface area contributed by atoms with Gasteiger partial charge in [-0.25, -0.2) is 4.39 Å². The maximum absolute atomic E-state index is 12.9. The molecule has 1 heterocycles. The molecule has 2 N–H and O–H groups in total. The Hall–Kier alpha value is -1.46. The average molecular weight is 256 g/mol. The van der Waals surface area contributed by atoms with Crippen LogP contribution in [0.25, 0.3) is 11.5 Å². The van der Waals surface area contributed by atoms with Gasteiger partial charge in [-0.15, -0.1) is 0 Å². The van der Waals surface area contributed by atoms with Crippen molar-refractivity contribution >= 4 is 11.6 Å². The summed E-state index contributed by atoms with van der Waals surface area (Å²) in [4.78, 5) is 4.17. The molecule has 0 amide bonds. The van der Waals surface area contributed by atoms with E-state index >= 15 is 0 Å². The van der Waals surface area contributed by atoms with Crippen molar-refractivity contribution in [3.8, 4) is 11.5 Å². The summed E-state index contributed by atoms with van der Waals surface area (Å²) in [5, 5.41) is 4.05. The van der Waals surface area contributed by atoms with Crippen LogP contribution in [0.4, 0.5) is 4.39 Å². The highest BCUT2D eigenvalue weighted by Crippen LogP contribution is 2.27. The highest BCUT2D eigenvalue weighted by molar-refractivity contribution is 6.33. The molecule has 2 rings (SSSR count). The van der Waals surface area contributed by atoms with Crippen LogP contribution >= 0.6 is 11.6 Å². The quantitative estimate of drug-likeness (QED) is 0.911. The summed E-state index contributed by atoms with van der Waals surface area (Å²) < 4.78 is 17.9. The number of aryl methyl sites for hydroxylation is 1. The first kappa shape index (κ1) is 12.0. The van der Waals surface area contributed by atoms with Crippen LogP contribution in [0, 0.1) is 5.82 Å². The van der Waals surface area contributed by atoms with Gasteiger partial charge < -0.3 is 10.3 Å². The van der Waals surface area contributed by atoms with Crippen molar-refractivity contribution in [2.24, 2.45) is 5.73 Å². The Morgan fingerprint density at radius 2 is 2.24 bits per heavy atom. The van der Waals surface area contributed by atoms with Crippen LogP contribution in [0.2, 0.25) is 5.02 Å². The highest BCUT2D eigenvalue weighted by atomic mass is 35.5. The predicted molar refractivity (Wildman–Crippen MR) is 62.1 cm³/mol. The molecule has 0 saturated carbocycles. The lowest BCUT2D eigenvalue weighted by Crippen LogP contribution is -2.01. The van der Waals surface area contributed by atoms with Gasteiger partial charge in [-0.05, 0) is 31.2 Å². The van der Waals surface area contributed by atoms with E-state index < -0.39 is 5.82 Å². The van der Waals surface area contributed by atoms with Gasteiger partial charge >= 0.3 is 0 Å². The Balaban J connectivity index is 2.24. The zero-order valence-electron chi connectivity index (χ0n) is 8.99. The smallest absolute Gasteiger partial charge is 0.259 e. The van der Waals surface area contributed by atoms with E-state index in [9.17, 15) is 4.39 Å². The zero-order chi connectivity index (χ0) is 12.3. The summed E-state index contributed by atoms with van der Waals surface area (Å²) in [6.45, 7) is 0.571. The van der Waals surface area contributed by atoms with Crippen LogP contribution in [0.3, 0.4) is 0 Å². The van der Waals surface area contributed by atoms with Gasteiger partial charge in [0.05, 0.1) is 10.6 Å². The van der Waals surface area contributed by atoms with Gasteiger partial charge in [0.2, 0.25) is 0 Å². The first-order valence-corrected chi connectivity index (χ1v) is 5.56. The van der Waals surface area contributed by atoms with Crippen LogP contribution in [0.1, 0.15) is 12.2 Å². The lowest BCUT2D eigenvalue weighted by atomic mass is 10.2. The largest absolute Gasteiger partial charge is 0.334 e. The van der Waals surface area contributed by atoms with Gasteiger partial charge in [0.25, 0.3) is 5.89 Å². The summed E-state index contributed by atoms with van der Waals surface area (Å²) >= 11 is 5.89. The van der Waals surface area contributed by atoms with Crippen LogP contribution in [0.15, 0.2) is 22.7 Å². The number of nitrogens with zero attached hydrogens (tertiary/aromatic N) is 2. The molecule has 0 spiro atoms. The molecule has 6 heteroatoms. The highest BCUT2D eigenvalue weighted by Gasteiger charge is 2.12. The van der Waals surface area contributed by atoms with Gasteiger partial charge in [0.15, 0.2) is 5.82 Å². The summed E-state index contributed by atoms with van der Waals surface area (Å²) in [5.74, 6) is 0.467. The van der Waals surface area contributed by atoms with Gasteiger partial charge in [-0.1, -0.05) is 16.8 Å². The zero-order valence-corrected chi connectivity index (χ0v) is 9.75. The second-order valence-electron chi connectivity index (χ2n) is 3.53. The Morgan fingerprint density at radius 1 is 1.41 bits per heavy atom. The molecule has 0 fully saturated rings. The van der Waals surface area contributed by atoms with E-state index in [-0.39, 0.29) is 5.02 Å². The normalized spacial score (nSPS) is 10.8. The fraction of sp³-hybridized carbons (Fsp3) is 0.273. The molecule has 1 aromatic heterocycles. The van der Waals surface area contributed by atoms with Crippen molar-refractivity contribution in [1.82, 2.24) is 10.1 Å². The standard InChI is InChI=1S/C11H11ClFN3O/c12-9-6-7(13)3-4-8(9)11-15-10(16-17-11)2-1-5-14/h3-4,6H,1-2,5,14H2. The average Bonchev–Trinajstić information content (AvgIpc) is 2.75. The first-order valence-electron chi connectivity index (χ1n) is 5.19. The van der Waals surface area contributed by atoms with Crippen LogP contribution in [-0.2, 0) is 6.42 Å². The van der Waals surface area contributed by atoms with E-state index in [4.69, 9.17) is 21.9 Å². The van der Waals surface area contributed by atoms with E-state index in [2.05, 4.69) is 10.1 Å². The number of hydrogen-bond acceptors (Lipinski definition) is 4. The third kappa shape index (κ3) is 2.81. The van der Waals surface area contributed by atoms with E-state index in [1.165, 1.54) is 18.2 Å². The Morgan fingerprint density at radius 3 is 2.94 bits per heavy atom. The molecule has 0 aliphatic heterocycles. The molecule has 0 unspecified atom stereocenters. The summed E-state index contributed by atoms with van der Waals surface area (Å²) in [5.41, 5.74) is 5.91. The fourth-order valence-electron chi connectivity index (χ4n) is 1.39. The summed E-state index contributed by atoms with van der Waals surface area (Å²) in [6.07, 6.45) is 1.44. The molecular formula is C11H11ClFN3O. The molecule has 2 aromatic rings. The summed E-state index contributed by atoms with van der Waals surface area (Å²) in [7, 11) is 0. The van der Waals surface area contributed by atoms with Crippen molar-refractivity contribution in [2.75, 3.05) is 6.54 Å². The molecule has 0 atom stereocenters. The molecule has 4 nitrogen and oxygen atoms in total. The van der Waals surface area contributed by atoms with E-state index in [1.54, 1.807) is 0 Å². The van der Waals surface area contributed by atoms with E-state index in [0.29, 0.717) is 30.2 Å². The predicted octanol–water partition coefficient (Wildman–Crippen LogP) is 2.42. The number of benzene rings is 1. The summed E-state index contributed by atoms with van der Waals surface area (Å²) in [6, 6.07) is 4.02. The Bertz CT molecular complexity index is 515. The maximum Gasteiger partial charge on any atom is 0.259 e. The van der Waals surface area contributed by atoms with Crippen molar-refractivity contribution in [3.05, 3.63) is 34.9 Å². The second kappa shape index (κ2) is 5.25. The van der Waals surface area contributed by atoms with E-state index in [1.807, 2.05) is 0 Å². The van der Waals surface area contributed by atoms with Gasteiger partial charge in [0.1, 0.15) is 5.82 Å². The molecule has 0 saturated heterocycles.